The van der Waals surface area contributed by atoms with Gasteiger partial charge in [-0.1, -0.05) is 0 Å². The highest BCUT2D eigenvalue weighted by Gasteiger charge is 2.30. The number of fused-ring (bicyclic) bond motifs is 3. The highest BCUT2D eigenvalue weighted by molar-refractivity contribution is 7.91. The first kappa shape index (κ1) is 17.9. The molecule has 1 aliphatic heterocycles. The van der Waals surface area contributed by atoms with Crippen LogP contribution in [0.25, 0.3) is 0 Å². The monoisotopic (exact) mass is 405 g/mol. The Morgan fingerprint density at radius 1 is 1.29 bits per heavy atom. The molecule has 2 aliphatic carbocycles. The van der Waals surface area contributed by atoms with Crippen LogP contribution in [0.3, 0.4) is 0 Å². The summed E-state index contributed by atoms with van der Waals surface area (Å²) in [6.07, 6.45) is 6.67. The first-order valence-corrected chi connectivity index (χ1v) is 11.4. The number of nitrogens with zero attached hydrogens (tertiary/aromatic N) is 3. The molecule has 5 rings (SSSR count). The maximum Gasteiger partial charge on any atom is 0.231 e. The molecule has 0 saturated carbocycles. The summed E-state index contributed by atoms with van der Waals surface area (Å²) in [5.74, 6) is 0.430. The normalized spacial score (nSPS) is 21.6. The van der Waals surface area contributed by atoms with E-state index in [2.05, 4.69) is 14.8 Å². The Kier molecular flexibility index (Phi) is 4.13. The van der Waals surface area contributed by atoms with Crippen molar-refractivity contribution in [3.63, 3.8) is 0 Å². The number of hydrogen-bond acceptors (Lipinski definition) is 5. The Morgan fingerprint density at radius 3 is 2.61 bits per heavy atom. The summed E-state index contributed by atoms with van der Waals surface area (Å²) in [7, 11) is -3.14. The summed E-state index contributed by atoms with van der Waals surface area (Å²) in [6, 6.07) is 0. The lowest BCUT2D eigenvalue weighted by Crippen LogP contribution is -2.17. The maximum absolute atomic E-state index is 14.8. The summed E-state index contributed by atoms with van der Waals surface area (Å²) in [4.78, 5) is 0.327. The SMILES string of the molecule is C[C@@H]1Cn2ncc([S@](N)(=O)=NCNc3c4c(c(F)c5c3CCC5)CCC4)c2O1. The zero-order valence-corrected chi connectivity index (χ0v) is 16.6. The average molecular weight is 405 g/mol. The van der Waals surface area contributed by atoms with Crippen molar-refractivity contribution in [2.75, 3.05) is 12.0 Å². The molecule has 0 radical (unpaired) electrons. The van der Waals surface area contributed by atoms with Crippen molar-refractivity contribution < 1.29 is 13.3 Å². The predicted molar refractivity (Wildman–Crippen MR) is 104 cm³/mol. The Hall–Kier alpha value is -2.13. The molecule has 7 nitrogen and oxygen atoms in total. The van der Waals surface area contributed by atoms with Gasteiger partial charge in [-0.15, -0.1) is 0 Å². The molecule has 1 aromatic heterocycles. The van der Waals surface area contributed by atoms with Crippen molar-refractivity contribution in [3.05, 3.63) is 34.3 Å². The lowest BCUT2D eigenvalue weighted by atomic mass is 9.98. The van der Waals surface area contributed by atoms with E-state index in [0.717, 1.165) is 66.5 Å². The number of nitrogens with one attached hydrogen (secondary N) is 1. The second-order valence-corrected chi connectivity index (χ2v) is 9.60. The van der Waals surface area contributed by atoms with Crippen molar-refractivity contribution >= 4 is 15.6 Å². The van der Waals surface area contributed by atoms with Crippen molar-refractivity contribution in [2.24, 2.45) is 9.50 Å². The zero-order chi connectivity index (χ0) is 19.5. The first-order valence-electron chi connectivity index (χ1n) is 9.77. The number of hydrogen-bond donors (Lipinski definition) is 2. The molecule has 0 bridgehead atoms. The van der Waals surface area contributed by atoms with E-state index in [1.165, 1.54) is 6.20 Å². The van der Waals surface area contributed by atoms with Gasteiger partial charge >= 0.3 is 0 Å². The summed E-state index contributed by atoms with van der Waals surface area (Å²) < 4.78 is 39.4. The van der Waals surface area contributed by atoms with Crippen molar-refractivity contribution in [1.29, 1.82) is 0 Å². The van der Waals surface area contributed by atoms with Gasteiger partial charge in [-0.3, -0.25) is 0 Å². The van der Waals surface area contributed by atoms with Crippen LogP contribution in [0.2, 0.25) is 0 Å². The minimum atomic E-state index is -3.14. The zero-order valence-electron chi connectivity index (χ0n) is 15.8. The molecule has 150 valence electrons. The Bertz CT molecular complexity index is 1050. The molecule has 0 fully saturated rings. The van der Waals surface area contributed by atoms with E-state index in [0.29, 0.717) is 17.3 Å². The number of nitrogens with two attached hydrogens (primary N) is 1. The van der Waals surface area contributed by atoms with Crippen LogP contribution in [-0.2, 0) is 42.1 Å². The molecule has 3 N–H and O–H groups in total. The van der Waals surface area contributed by atoms with Gasteiger partial charge in [-0.2, -0.15) is 9.46 Å². The van der Waals surface area contributed by atoms with E-state index < -0.39 is 9.92 Å². The average Bonchev–Trinajstić information content (AvgIpc) is 3.39. The molecule has 28 heavy (non-hydrogen) atoms. The fraction of sp³-hybridized carbons (Fsp3) is 0.526. The number of rotatable bonds is 4. The maximum atomic E-state index is 14.8. The van der Waals surface area contributed by atoms with Crippen LogP contribution in [-0.4, -0.2) is 26.8 Å². The number of anilines is 1. The van der Waals surface area contributed by atoms with Crippen molar-refractivity contribution in [3.8, 4) is 5.88 Å². The van der Waals surface area contributed by atoms with Gasteiger partial charge in [0.05, 0.1) is 12.7 Å². The third kappa shape index (κ3) is 2.71. The third-order valence-electron chi connectivity index (χ3n) is 5.90. The van der Waals surface area contributed by atoms with E-state index in [1.54, 1.807) is 4.68 Å². The predicted octanol–water partition coefficient (Wildman–Crippen LogP) is 2.55. The first-order chi connectivity index (χ1) is 13.5. The van der Waals surface area contributed by atoms with E-state index >= 15 is 0 Å². The molecule has 1 aromatic carbocycles. The van der Waals surface area contributed by atoms with Gasteiger partial charge < -0.3 is 10.1 Å². The van der Waals surface area contributed by atoms with Gasteiger partial charge in [-0.05, 0) is 67.7 Å². The molecule has 2 heterocycles. The topological polar surface area (TPSA) is 94.5 Å². The second kappa shape index (κ2) is 6.45. The molecule has 0 spiro atoms. The standard InChI is InChI=1S/C19H24FN5O2S/c1-11-9-25-19(27-11)16(8-23-25)28(21,26)24-10-22-18-14-6-2-4-12(14)17(20)13-5-3-7-15(13)18/h8,11,22H,2-7,9-10H2,1H3,(H2,21,24,26)/t11-,28-/m1/s1. The number of halogens is 1. The fourth-order valence-corrected chi connectivity index (χ4v) is 5.65. The molecule has 0 amide bonds. The van der Waals surface area contributed by atoms with Gasteiger partial charge in [0, 0.05) is 5.69 Å². The van der Waals surface area contributed by atoms with E-state index in [4.69, 9.17) is 9.88 Å². The van der Waals surface area contributed by atoms with Gasteiger partial charge in [0.15, 0.2) is 0 Å². The third-order valence-corrected chi connectivity index (χ3v) is 7.32. The molecule has 0 saturated heterocycles. The summed E-state index contributed by atoms with van der Waals surface area (Å²) in [5, 5.41) is 13.5. The van der Waals surface area contributed by atoms with Crippen LogP contribution >= 0.6 is 0 Å². The van der Waals surface area contributed by atoms with Crippen LogP contribution in [0, 0.1) is 5.82 Å². The molecule has 9 heteroatoms. The summed E-state index contributed by atoms with van der Waals surface area (Å²) in [6.45, 7) is 2.63. The number of aromatic nitrogens is 2. The van der Waals surface area contributed by atoms with Crippen LogP contribution < -0.4 is 15.2 Å². The van der Waals surface area contributed by atoms with Crippen molar-refractivity contribution in [1.82, 2.24) is 9.78 Å². The van der Waals surface area contributed by atoms with Crippen LogP contribution in [0.4, 0.5) is 10.1 Å². The minimum Gasteiger partial charge on any atom is -0.472 e. The minimum absolute atomic E-state index is 0.00757. The number of ether oxygens (including phenoxy) is 1. The lowest BCUT2D eigenvalue weighted by molar-refractivity contribution is 0.248. The van der Waals surface area contributed by atoms with E-state index in [1.807, 2.05) is 6.92 Å². The van der Waals surface area contributed by atoms with E-state index in [9.17, 15) is 8.60 Å². The lowest BCUT2D eigenvalue weighted by Gasteiger charge is -2.17. The second-order valence-electron chi connectivity index (χ2n) is 7.77. The fourth-order valence-electron chi connectivity index (χ4n) is 4.66. The van der Waals surface area contributed by atoms with Crippen LogP contribution in [0.15, 0.2) is 15.5 Å². The Balaban J connectivity index is 1.44. The molecular weight excluding hydrogens is 381 g/mol. The summed E-state index contributed by atoms with van der Waals surface area (Å²) >= 11 is 0. The van der Waals surface area contributed by atoms with Gasteiger partial charge in [0.1, 0.15) is 33.4 Å². The molecule has 2 atom stereocenters. The summed E-state index contributed by atoms with van der Waals surface area (Å²) in [5.41, 5.74) is 4.77. The Morgan fingerprint density at radius 2 is 1.93 bits per heavy atom. The largest absolute Gasteiger partial charge is 0.472 e. The molecule has 0 unspecified atom stereocenters. The molecular formula is C19H24FN5O2S. The molecule has 3 aliphatic rings. The van der Waals surface area contributed by atoms with E-state index in [-0.39, 0.29) is 18.6 Å². The van der Waals surface area contributed by atoms with Gasteiger partial charge in [-0.25, -0.2) is 18.4 Å². The highest BCUT2D eigenvalue weighted by atomic mass is 32.2. The van der Waals surface area contributed by atoms with Crippen LogP contribution in [0.1, 0.15) is 42.0 Å². The van der Waals surface area contributed by atoms with Crippen molar-refractivity contribution in [2.45, 2.75) is 63.0 Å². The highest BCUT2D eigenvalue weighted by Crippen LogP contribution is 2.41. The van der Waals surface area contributed by atoms with Crippen LogP contribution in [0.5, 0.6) is 5.88 Å². The smallest absolute Gasteiger partial charge is 0.231 e. The van der Waals surface area contributed by atoms with Gasteiger partial charge in [0.25, 0.3) is 0 Å². The van der Waals surface area contributed by atoms with Gasteiger partial charge in [0.2, 0.25) is 5.88 Å². The number of benzene rings is 1. The Labute approximate surface area is 163 Å². The quantitative estimate of drug-likeness (QED) is 0.817. The molecule has 2 aromatic rings.